The molecule has 0 amide bonds. The van der Waals surface area contributed by atoms with Crippen LogP contribution in [0.5, 0.6) is 0 Å². The van der Waals surface area contributed by atoms with Crippen LogP contribution in [0.4, 0.5) is 5.82 Å². The molecule has 0 radical (unpaired) electrons. The zero-order valence-electron chi connectivity index (χ0n) is 11.9. The van der Waals surface area contributed by atoms with Gasteiger partial charge in [-0.2, -0.15) is 0 Å². The van der Waals surface area contributed by atoms with Gasteiger partial charge in [0.2, 0.25) is 0 Å². The number of nitrogens with zero attached hydrogens (tertiary/aromatic N) is 2. The van der Waals surface area contributed by atoms with Crippen molar-refractivity contribution < 1.29 is 5.11 Å². The van der Waals surface area contributed by atoms with E-state index in [-0.39, 0.29) is 6.61 Å². The molecular formula is C15H24ClN3O. The molecule has 0 aromatic carbocycles. The van der Waals surface area contributed by atoms with E-state index in [1.165, 1.54) is 32.1 Å². The third kappa shape index (κ3) is 4.91. The van der Waals surface area contributed by atoms with Crippen LogP contribution in [0, 0.1) is 0 Å². The third-order valence-electron chi connectivity index (χ3n) is 3.82. The number of unbranched alkanes of at least 4 members (excludes halogenated alkanes) is 2. The molecule has 0 spiro atoms. The minimum atomic E-state index is 0.269. The number of hydrogen-bond donors (Lipinski definition) is 2. The summed E-state index contributed by atoms with van der Waals surface area (Å²) in [6.45, 7) is 1.13. The number of hydrogen-bond acceptors (Lipinski definition) is 4. The molecule has 0 atom stereocenters. The van der Waals surface area contributed by atoms with Crippen molar-refractivity contribution in [2.45, 2.75) is 57.3 Å². The summed E-state index contributed by atoms with van der Waals surface area (Å²) in [6.07, 6.45) is 9.13. The van der Waals surface area contributed by atoms with Crippen molar-refractivity contribution in [1.29, 1.82) is 0 Å². The molecule has 5 heteroatoms. The van der Waals surface area contributed by atoms with Crippen LogP contribution in [0.2, 0.25) is 5.15 Å². The summed E-state index contributed by atoms with van der Waals surface area (Å²) in [5.74, 6) is 2.20. The Labute approximate surface area is 126 Å². The highest BCUT2D eigenvalue weighted by Gasteiger charge is 2.19. The Balaban J connectivity index is 1.90. The summed E-state index contributed by atoms with van der Waals surface area (Å²) in [7, 11) is 0. The molecule has 2 N–H and O–H groups in total. The molecule has 4 nitrogen and oxygen atoms in total. The Kier molecular flexibility index (Phi) is 6.54. The molecule has 1 aromatic rings. The predicted octanol–water partition coefficient (Wildman–Crippen LogP) is 3.75. The molecule has 0 saturated heterocycles. The number of rotatable bonds is 7. The van der Waals surface area contributed by atoms with Crippen LogP contribution in [0.1, 0.15) is 63.1 Å². The summed E-state index contributed by atoms with van der Waals surface area (Å²) in [5.41, 5.74) is 0. The van der Waals surface area contributed by atoms with E-state index < -0.39 is 0 Å². The molecule has 1 aromatic heterocycles. The minimum Gasteiger partial charge on any atom is -0.396 e. The molecule has 1 aliphatic rings. The fraction of sp³-hybridized carbons (Fsp3) is 0.733. The summed E-state index contributed by atoms with van der Waals surface area (Å²) in [4.78, 5) is 9.02. The molecule has 1 fully saturated rings. The standard InChI is InChI=1S/C15H24ClN3O/c16-13-11-14(17-9-5-2-6-10-20)19-15(18-13)12-7-3-1-4-8-12/h11-12,20H,1-10H2,(H,17,18,19). The Morgan fingerprint density at radius 2 is 1.95 bits per heavy atom. The maximum absolute atomic E-state index is 8.74. The number of aromatic nitrogens is 2. The Morgan fingerprint density at radius 1 is 1.15 bits per heavy atom. The van der Waals surface area contributed by atoms with Gasteiger partial charge in [-0.15, -0.1) is 0 Å². The molecule has 0 bridgehead atoms. The van der Waals surface area contributed by atoms with Crippen molar-refractivity contribution in [3.63, 3.8) is 0 Å². The third-order valence-corrected chi connectivity index (χ3v) is 4.02. The first-order valence-electron chi connectivity index (χ1n) is 7.69. The Bertz CT molecular complexity index is 408. The largest absolute Gasteiger partial charge is 0.396 e. The summed E-state index contributed by atoms with van der Waals surface area (Å²) < 4.78 is 0. The van der Waals surface area contributed by atoms with E-state index in [1.54, 1.807) is 6.07 Å². The van der Waals surface area contributed by atoms with Gasteiger partial charge in [0.1, 0.15) is 16.8 Å². The fourth-order valence-corrected chi connectivity index (χ4v) is 2.89. The minimum absolute atomic E-state index is 0.269. The fourth-order valence-electron chi connectivity index (χ4n) is 2.70. The second-order valence-electron chi connectivity index (χ2n) is 5.48. The van der Waals surface area contributed by atoms with Gasteiger partial charge in [0.25, 0.3) is 0 Å². The van der Waals surface area contributed by atoms with Gasteiger partial charge >= 0.3 is 0 Å². The quantitative estimate of drug-likeness (QED) is 0.594. The maximum Gasteiger partial charge on any atom is 0.135 e. The zero-order valence-corrected chi connectivity index (χ0v) is 12.7. The van der Waals surface area contributed by atoms with Crippen LogP contribution in [0.25, 0.3) is 0 Å². The van der Waals surface area contributed by atoms with E-state index in [4.69, 9.17) is 16.7 Å². The lowest BCUT2D eigenvalue weighted by atomic mass is 9.89. The van der Waals surface area contributed by atoms with Gasteiger partial charge in [0, 0.05) is 25.1 Å². The van der Waals surface area contributed by atoms with Crippen molar-refractivity contribution in [3.8, 4) is 0 Å². The smallest absolute Gasteiger partial charge is 0.135 e. The summed E-state index contributed by atoms with van der Waals surface area (Å²) in [5, 5.41) is 12.6. The van der Waals surface area contributed by atoms with Crippen LogP contribution >= 0.6 is 11.6 Å². The van der Waals surface area contributed by atoms with Crippen LogP contribution in [0.3, 0.4) is 0 Å². The molecule has 1 aliphatic carbocycles. The lowest BCUT2D eigenvalue weighted by Gasteiger charge is -2.20. The van der Waals surface area contributed by atoms with E-state index in [1.807, 2.05) is 0 Å². The van der Waals surface area contributed by atoms with Crippen LogP contribution in [0.15, 0.2) is 6.07 Å². The van der Waals surface area contributed by atoms with E-state index in [0.717, 1.165) is 37.4 Å². The topological polar surface area (TPSA) is 58.0 Å². The number of nitrogens with one attached hydrogen (secondary N) is 1. The van der Waals surface area contributed by atoms with Crippen LogP contribution < -0.4 is 5.32 Å². The van der Waals surface area contributed by atoms with Crippen LogP contribution in [-0.4, -0.2) is 28.2 Å². The van der Waals surface area contributed by atoms with Crippen molar-refractivity contribution >= 4 is 17.4 Å². The first kappa shape index (κ1) is 15.5. The summed E-state index contributed by atoms with van der Waals surface area (Å²) in [6, 6.07) is 1.79. The van der Waals surface area contributed by atoms with Gasteiger partial charge in [0.15, 0.2) is 0 Å². The van der Waals surface area contributed by atoms with Gasteiger partial charge in [-0.25, -0.2) is 9.97 Å². The van der Waals surface area contributed by atoms with E-state index in [2.05, 4.69) is 15.3 Å². The normalized spacial score (nSPS) is 16.3. The summed E-state index contributed by atoms with van der Waals surface area (Å²) >= 11 is 6.11. The monoisotopic (exact) mass is 297 g/mol. The predicted molar refractivity (Wildman–Crippen MR) is 82.3 cm³/mol. The Hall–Kier alpha value is -0.870. The molecule has 0 aliphatic heterocycles. The maximum atomic E-state index is 8.74. The second kappa shape index (κ2) is 8.42. The van der Waals surface area contributed by atoms with Crippen molar-refractivity contribution in [3.05, 3.63) is 17.0 Å². The van der Waals surface area contributed by atoms with Gasteiger partial charge < -0.3 is 10.4 Å². The van der Waals surface area contributed by atoms with E-state index >= 15 is 0 Å². The molecule has 20 heavy (non-hydrogen) atoms. The number of aliphatic hydroxyl groups excluding tert-OH is 1. The molecule has 2 rings (SSSR count). The van der Waals surface area contributed by atoms with Gasteiger partial charge in [0.05, 0.1) is 0 Å². The van der Waals surface area contributed by atoms with Crippen molar-refractivity contribution in [2.24, 2.45) is 0 Å². The molecule has 0 unspecified atom stereocenters. The SMILES string of the molecule is OCCCCCNc1cc(Cl)nc(C2CCCCC2)n1. The van der Waals surface area contributed by atoms with Crippen molar-refractivity contribution in [2.75, 3.05) is 18.5 Å². The molecule has 1 heterocycles. The number of aliphatic hydroxyl groups is 1. The first-order valence-corrected chi connectivity index (χ1v) is 8.06. The molecular weight excluding hydrogens is 274 g/mol. The lowest BCUT2D eigenvalue weighted by molar-refractivity contribution is 0.283. The Morgan fingerprint density at radius 3 is 2.70 bits per heavy atom. The van der Waals surface area contributed by atoms with Crippen molar-refractivity contribution in [1.82, 2.24) is 9.97 Å². The number of anilines is 1. The van der Waals surface area contributed by atoms with Gasteiger partial charge in [-0.3, -0.25) is 0 Å². The lowest BCUT2D eigenvalue weighted by Crippen LogP contribution is -2.11. The highest BCUT2D eigenvalue weighted by molar-refractivity contribution is 6.29. The van der Waals surface area contributed by atoms with Crippen LogP contribution in [-0.2, 0) is 0 Å². The molecule has 112 valence electrons. The van der Waals surface area contributed by atoms with Gasteiger partial charge in [-0.1, -0.05) is 30.9 Å². The second-order valence-corrected chi connectivity index (χ2v) is 5.87. The zero-order chi connectivity index (χ0) is 14.2. The molecule has 1 saturated carbocycles. The highest BCUT2D eigenvalue weighted by Crippen LogP contribution is 2.31. The first-order chi connectivity index (χ1) is 9.79. The highest BCUT2D eigenvalue weighted by atomic mass is 35.5. The number of halogens is 1. The van der Waals surface area contributed by atoms with E-state index in [0.29, 0.717) is 11.1 Å². The average molecular weight is 298 g/mol. The van der Waals surface area contributed by atoms with E-state index in [9.17, 15) is 0 Å². The average Bonchev–Trinajstić information content (AvgIpc) is 2.47. The van der Waals surface area contributed by atoms with Gasteiger partial charge in [-0.05, 0) is 32.1 Å².